The number of aryl methyl sites for hydroxylation is 1. The lowest BCUT2D eigenvalue weighted by Gasteiger charge is -2.44. The fourth-order valence-corrected chi connectivity index (χ4v) is 4.79. The number of nitrogens with one attached hydrogen (secondary N) is 2. The minimum Gasteiger partial charge on any atom is -0.350 e. The summed E-state index contributed by atoms with van der Waals surface area (Å²) in [4.78, 5) is 15.2. The van der Waals surface area contributed by atoms with Gasteiger partial charge in [0.2, 0.25) is 0 Å². The average molecular weight is 316 g/mol. The van der Waals surface area contributed by atoms with E-state index >= 15 is 0 Å². The highest BCUT2D eigenvalue weighted by Gasteiger charge is 2.33. The molecular weight excluding hydrogens is 288 g/mol. The van der Waals surface area contributed by atoms with Crippen LogP contribution in [0.5, 0.6) is 0 Å². The topological polar surface area (TPSA) is 61.0 Å². The molecule has 0 bridgehead atoms. The molecule has 5 heteroatoms. The maximum Gasteiger partial charge on any atom is 0.272 e. The van der Waals surface area contributed by atoms with Crippen molar-refractivity contribution in [1.29, 1.82) is 0 Å². The number of carbonyl (C=O) groups is 1. The van der Waals surface area contributed by atoms with Gasteiger partial charge >= 0.3 is 0 Å². The number of H-pyrrole nitrogens is 1. The highest BCUT2D eigenvalue weighted by molar-refractivity contribution is 5.94. The Morgan fingerprint density at radius 3 is 2.96 bits per heavy atom. The first-order valence-corrected chi connectivity index (χ1v) is 9.41. The molecule has 3 aliphatic rings. The van der Waals surface area contributed by atoms with Gasteiger partial charge < -0.3 is 10.2 Å². The molecule has 126 valence electrons. The van der Waals surface area contributed by atoms with Crippen LogP contribution in [0.15, 0.2) is 0 Å². The maximum atomic E-state index is 12.6. The predicted molar refractivity (Wildman–Crippen MR) is 89.5 cm³/mol. The number of aromatic amines is 1. The van der Waals surface area contributed by atoms with Gasteiger partial charge in [0.15, 0.2) is 5.69 Å². The van der Waals surface area contributed by atoms with Crippen LogP contribution in [0.25, 0.3) is 0 Å². The van der Waals surface area contributed by atoms with Crippen LogP contribution in [-0.2, 0) is 12.8 Å². The fraction of sp³-hybridized carbons (Fsp3) is 0.778. The van der Waals surface area contributed by atoms with Crippen molar-refractivity contribution >= 4 is 5.91 Å². The number of hydrogen-bond donors (Lipinski definition) is 2. The molecular formula is C18H28N4O. The van der Waals surface area contributed by atoms with E-state index in [1.807, 2.05) is 0 Å². The SMILES string of the molecule is O=C(NC[C@@H]1CCCN2CCCC[C@@H]12)c1n[nH]c2c1CCCC2. The van der Waals surface area contributed by atoms with Gasteiger partial charge in [-0.05, 0) is 70.4 Å². The Morgan fingerprint density at radius 2 is 2.00 bits per heavy atom. The molecule has 4 rings (SSSR count). The number of hydrogen-bond acceptors (Lipinski definition) is 3. The fourth-order valence-electron chi connectivity index (χ4n) is 4.79. The maximum absolute atomic E-state index is 12.6. The highest BCUT2D eigenvalue weighted by atomic mass is 16.1. The summed E-state index contributed by atoms with van der Waals surface area (Å²) >= 11 is 0. The van der Waals surface area contributed by atoms with Gasteiger partial charge in [-0.2, -0.15) is 5.10 Å². The van der Waals surface area contributed by atoms with Gasteiger partial charge in [0.1, 0.15) is 0 Å². The normalized spacial score (nSPS) is 28.0. The van der Waals surface area contributed by atoms with Gasteiger partial charge in [-0.3, -0.25) is 9.89 Å². The Hall–Kier alpha value is -1.36. The minimum absolute atomic E-state index is 0.0253. The summed E-state index contributed by atoms with van der Waals surface area (Å²) in [6.07, 6.45) is 10.9. The molecule has 3 heterocycles. The summed E-state index contributed by atoms with van der Waals surface area (Å²) in [5, 5.41) is 10.6. The largest absolute Gasteiger partial charge is 0.350 e. The zero-order chi connectivity index (χ0) is 15.6. The van der Waals surface area contributed by atoms with Crippen LogP contribution in [0.1, 0.15) is 66.7 Å². The zero-order valence-electron chi connectivity index (χ0n) is 13.9. The lowest BCUT2D eigenvalue weighted by molar-refractivity contribution is 0.0575. The van der Waals surface area contributed by atoms with E-state index in [1.54, 1.807) is 0 Å². The summed E-state index contributed by atoms with van der Waals surface area (Å²) in [7, 11) is 0. The van der Waals surface area contributed by atoms with Crippen molar-refractivity contribution in [2.45, 2.75) is 63.8 Å². The Kier molecular flexibility index (Phi) is 4.38. The van der Waals surface area contributed by atoms with Crippen molar-refractivity contribution in [2.24, 2.45) is 5.92 Å². The van der Waals surface area contributed by atoms with Crippen molar-refractivity contribution in [3.8, 4) is 0 Å². The van der Waals surface area contributed by atoms with Crippen LogP contribution in [0, 0.1) is 5.92 Å². The molecule has 0 saturated carbocycles. The number of amides is 1. The minimum atomic E-state index is 0.0253. The van der Waals surface area contributed by atoms with Crippen LogP contribution in [0.4, 0.5) is 0 Å². The van der Waals surface area contributed by atoms with E-state index in [2.05, 4.69) is 20.4 Å². The van der Waals surface area contributed by atoms with Crippen LogP contribution in [-0.4, -0.2) is 46.7 Å². The van der Waals surface area contributed by atoms with E-state index in [9.17, 15) is 4.79 Å². The summed E-state index contributed by atoms with van der Waals surface area (Å²) in [6.45, 7) is 3.31. The number of nitrogens with zero attached hydrogens (tertiary/aromatic N) is 2. The molecule has 2 N–H and O–H groups in total. The van der Waals surface area contributed by atoms with Crippen LogP contribution >= 0.6 is 0 Å². The van der Waals surface area contributed by atoms with E-state index in [4.69, 9.17) is 0 Å². The molecule has 1 amide bonds. The number of rotatable bonds is 3. The van der Waals surface area contributed by atoms with Crippen LogP contribution < -0.4 is 5.32 Å². The summed E-state index contributed by atoms with van der Waals surface area (Å²) < 4.78 is 0. The first-order valence-electron chi connectivity index (χ1n) is 9.41. The molecule has 0 radical (unpaired) electrons. The summed E-state index contributed by atoms with van der Waals surface area (Å²) in [5.41, 5.74) is 2.99. The van der Waals surface area contributed by atoms with E-state index in [0.29, 0.717) is 17.7 Å². The zero-order valence-corrected chi connectivity index (χ0v) is 13.9. The second kappa shape index (κ2) is 6.63. The average Bonchev–Trinajstić information content (AvgIpc) is 3.04. The third-order valence-corrected chi connectivity index (χ3v) is 6.02. The first kappa shape index (κ1) is 15.2. The molecule has 1 aliphatic carbocycles. The monoisotopic (exact) mass is 316 g/mol. The smallest absolute Gasteiger partial charge is 0.272 e. The van der Waals surface area contributed by atoms with Crippen LogP contribution in [0.3, 0.4) is 0 Å². The molecule has 1 aromatic rings. The molecule has 23 heavy (non-hydrogen) atoms. The number of aromatic nitrogens is 2. The van der Waals surface area contributed by atoms with E-state index in [1.165, 1.54) is 63.7 Å². The van der Waals surface area contributed by atoms with Gasteiger partial charge in [0, 0.05) is 23.8 Å². The molecule has 1 aromatic heterocycles. The Morgan fingerprint density at radius 1 is 1.13 bits per heavy atom. The molecule has 0 unspecified atom stereocenters. The molecule has 2 fully saturated rings. The lowest BCUT2D eigenvalue weighted by atomic mass is 9.83. The van der Waals surface area contributed by atoms with Gasteiger partial charge in [0.25, 0.3) is 5.91 Å². The Bertz CT molecular complexity index is 565. The van der Waals surface area contributed by atoms with Crippen molar-refractivity contribution in [3.63, 3.8) is 0 Å². The molecule has 2 saturated heterocycles. The van der Waals surface area contributed by atoms with Crippen LogP contribution in [0.2, 0.25) is 0 Å². The van der Waals surface area contributed by atoms with Gasteiger partial charge in [-0.15, -0.1) is 0 Å². The number of carbonyl (C=O) groups excluding carboxylic acids is 1. The molecule has 0 aromatic carbocycles. The van der Waals surface area contributed by atoms with Crippen molar-refractivity contribution < 1.29 is 4.79 Å². The number of fused-ring (bicyclic) bond motifs is 2. The van der Waals surface area contributed by atoms with Crippen molar-refractivity contribution in [3.05, 3.63) is 17.0 Å². The third-order valence-electron chi connectivity index (χ3n) is 6.02. The van der Waals surface area contributed by atoms with Gasteiger partial charge in [0.05, 0.1) is 0 Å². The predicted octanol–water partition coefficient (Wildman–Crippen LogP) is 2.28. The van der Waals surface area contributed by atoms with Gasteiger partial charge in [-0.25, -0.2) is 0 Å². The standard InChI is InChI=1S/C18H28N4O/c23-18(17-14-7-1-2-8-15(14)20-21-17)19-12-13-6-5-11-22-10-4-3-9-16(13)22/h13,16H,1-12H2,(H,19,23)(H,20,21)/t13-,16-/m0/s1. The number of piperidine rings is 2. The quantitative estimate of drug-likeness (QED) is 0.899. The molecule has 2 atom stereocenters. The van der Waals surface area contributed by atoms with E-state index < -0.39 is 0 Å². The molecule has 2 aliphatic heterocycles. The van der Waals surface area contributed by atoms with E-state index in [0.717, 1.165) is 24.9 Å². The second-order valence-electron chi connectivity index (χ2n) is 7.45. The molecule has 5 nitrogen and oxygen atoms in total. The second-order valence-corrected chi connectivity index (χ2v) is 7.45. The Balaban J connectivity index is 1.38. The Labute approximate surface area is 138 Å². The third kappa shape index (κ3) is 3.03. The van der Waals surface area contributed by atoms with Crippen molar-refractivity contribution in [1.82, 2.24) is 20.4 Å². The van der Waals surface area contributed by atoms with Gasteiger partial charge in [-0.1, -0.05) is 6.42 Å². The first-order chi connectivity index (χ1) is 11.3. The lowest BCUT2D eigenvalue weighted by Crippen LogP contribution is -2.51. The molecule has 0 spiro atoms. The van der Waals surface area contributed by atoms with E-state index in [-0.39, 0.29) is 5.91 Å². The highest BCUT2D eigenvalue weighted by Crippen LogP contribution is 2.30. The van der Waals surface area contributed by atoms with Crippen molar-refractivity contribution in [2.75, 3.05) is 19.6 Å². The summed E-state index contributed by atoms with van der Waals surface area (Å²) in [6, 6.07) is 0.686. The summed E-state index contributed by atoms with van der Waals surface area (Å²) in [5.74, 6) is 0.639.